The zero-order valence-electron chi connectivity index (χ0n) is 14.5. The van der Waals surface area contributed by atoms with Crippen LogP contribution in [-0.4, -0.2) is 28.5 Å². The Morgan fingerprint density at radius 2 is 1.88 bits per heavy atom. The third-order valence-corrected chi connectivity index (χ3v) is 4.26. The molecule has 0 spiro atoms. The Morgan fingerprint density at radius 1 is 1.15 bits per heavy atom. The number of aryl methyl sites for hydroxylation is 1. The van der Waals surface area contributed by atoms with Crippen LogP contribution in [-0.2, 0) is 11.3 Å². The lowest BCUT2D eigenvalue weighted by Gasteiger charge is -2.29. The lowest BCUT2D eigenvalue weighted by molar-refractivity contribution is -0.116. The van der Waals surface area contributed by atoms with Gasteiger partial charge in [0.05, 0.1) is 0 Å². The van der Waals surface area contributed by atoms with E-state index in [-0.39, 0.29) is 17.8 Å². The molecule has 2 aromatic rings. The van der Waals surface area contributed by atoms with Gasteiger partial charge in [-0.05, 0) is 38.3 Å². The van der Waals surface area contributed by atoms with Crippen molar-refractivity contribution in [1.82, 2.24) is 9.55 Å². The third kappa shape index (κ3) is 4.07. The molecular weight excluding hydrogens is 342 g/mol. The summed E-state index contributed by atoms with van der Waals surface area (Å²) in [7, 11) is 0. The Balaban J connectivity index is 1.82. The second-order valence-corrected chi connectivity index (χ2v) is 6.35. The van der Waals surface area contributed by atoms with Gasteiger partial charge in [0.15, 0.2) is 11.6 Å². The quantitative estimate of drug-likeness (QED) is 0.907. The van der Waals surface area contributed by atoms with Crippen LogP contribution in [0.2, 0.25) is 0 Å². The van der Waals surface area contributed by atoms with E-state index < -0.39 is 17.5 Å². The SMILES string of the molecule is Cc1cc(=O)n(CC(=O)Nc2ccc(F)c(F)c2)c(N2CCCCC2)n1. The number of piperidine rings is 1. The maximum Gasteiger partial charge on any atom is 0.255 e. The fraction of sp³-hybridized carbons (Fsp3) is 0.389. The van der Waals surface area contributed by atoms with Crippen LogP contribution in [0.15, 0.2) is 29.1 Å². The molecule has 0 aliphatic carbocycles. The largest absolute Gasteiger partial charge is 0.342 e. The minimum absolute atomic E-state index is 0.126. The van der Waals surface area contributed by atoms with Crippen molar-refractivity contribution in [3.63, 3.8) is 0 Å². The predicted molar refractivity (Wildman–Crippen MR) is 94.3 cm³/mol. The van der Waals surface area contributed by atoms with Gasteiger partial charge in [0, 0.05) is 36.6 Å². The second-order valence-electron chi connectivity index (χ2n) is 6.35. The van der Waals surface area contributed by atoms with Gasteiger partial charge in [-0.25, -0.2) is 13.8 Å². The molecule has 3 rings (SSSR count). The van der Waals surface area contributed by atoms with Crippen molar-refractivity contribution >= 4 is 17.5 Å². The molecule has 1 N–H and O–H groups in total. The van der Waals surface area contributed by atoms with Crippen molar-refractivity contribution < 1.29 is 13.6 Å². The van der Waals surface area contributed by atoms with E-state index in [0.29, 0.717) is 11.6 Å². The summed E-state index contributed by atoms with van der Waals surface area (Å²) in [6, 6.07) is 4.47. The summed E-state index contributed by atoms with van der Waals surface area (Å²) in [4.78, 5) is 31.2. The summed E-state index contributed by atoms with van der Waals surface area (Å²) in [5, 5.41) is 2.48. The minimum Gasteiger partial charge on any atom is -0.342 e. The number of hydrogen-bond acceptors (Lipinski definition) is 4. The molecular formula is C18H20F2N4O2. The minimum atomic E-state index is -1.05. The fourth-order valence-electron chi connectivity index (χ4n) is 3.01. The van der Waals surface area contributed by atoms with E-state index >= 15 is 0 Å². The van der Waals surface area contributed by atoms with E-state index in [9.17, 15) is 18.4 Å². The lowest BCUT2D eigenvalue weighted by Crippen LogP contribution is -2.38. The summed E-state index contributed by atoms with van der Waals surface area (Å²) >= 11 is 0. The van der Waals surface area contributed by atoms with Crippen molar-refractivity contribution in [2.45, 2.75) is 32.7 Å². The normalized spacial score (nSPS) is 14.3. The molecule has 0 radical (unpaired) electrons. The van der Waals surface area contributed by atoms with Gasteiger partial charge in [-0.2, -0.15) is 0 Å². The molecule has 1 fully saturated rings. The Morgan fingerprint density at radius 3 is 2.58 bits per heavy atom. The Hall–Kier alpha value is -2.77. The van der Waals surface area contributed by atoms with Crippen LogP contribution < -0.4 is 15.8 Å². The standard InChI is InChI=1S/C18H20F2N4O2/c1-12-9-17(26)24(18(21-12)23-7-3-2-4-8-23)11-16(25)22-13-5-6-14(19)15(20)10-13/h5-6,9-10H,2-4,7-8,11H2,1H3,(H,22,25). The molecule has 1 aliphatic heterocycles. The molecule has 1 saturated heterocycles. The van der Waals surface area contributed by atoms with Crippen LogP contribution in [0.3, 0.4) is 0 Å². The first kappa shape index (κ1) is 18.0. The van der Waals surface area contributed by atoms with Crippen LogP contribution in [0.1, 0.15) is 25.0 Å². The summed E-state index contributed by atoms with van der Waals surface area (Å²) in [6.45, 7) is 3.04. The van der Waals surface area contributed by atoms with Gasteiger partial charge in [0.1, 0.15) is 6.54 Å². The van der Waals surface area contributed by atoms with Crippen molar-refractivity contribution in [1.29, 1.82) is 0 Å². The van der Waals surface area contributed by atoms with E-state index in [2.05, 4.69) is 10.3 Å². The molecule has 6 nitrogen and oxygen atoms in total. The van der Waals surface area contributed by atoms with E-state index in [0.717, 1.165) is 44.5 Å². The Labute approximate surface area is 149 Å². The van der Waals surface area contributed by atoms with Crippen LogP contribution in [0.4, 0.5) is 20.4 Å². The van der Waals surface area contributed by atoms with Crippen LogP contribution in [0, 0.1) is 18.6 Å². The van der Waals surface area contributed by atoms with Crippen LogP contribution in [0.5, 0.6) is 0 Å². The molecule has 0 atom stereocenters. The molecule has 2 heterocycles. The first-order valence-electron chi connectivity index (χ1n) is 8.52. The number of nitrogens with zero attached hydrogens (tertiary/aromatic N) is 3. The number of anilines is 2. The van der Waals surface area contributed by atoms with E-state index in [1.807, 2.05) is 4.90 Å². The van der Waals surface area contributed by atoms with Gasteiger partial charge >= 0.3 is 0 Å². The van der Waals surface area contributed by atoms with Gasteiger partial charge in [-0.3, -0.25) is 14.2 Å². The maximum absolute atomic E-state index is 13.3. The van der Waals surface area contributed by atoms with E-state index in [1.54, 1.807) is 6.92 Å². The number of aromatic nitrogens is 2. The predicted octanol–water partition coefficient (Wildman–Crippen LogP) is 2.46. The molecule has 1 amide bonds. The summed E-state index contributed by atoms with van der Waals surface area (Å²) < 4.78 is 27.6. The Bertz CT molecular complexity index is 876. The number of hydrogen-bond donors (Lipinski definition) is 1. The van der Waals surface area contributed by atoms with Crippen molar-refractivity contribution in [2.24, 2.45) is 0 Å². The monoisotopic (exact) mass is 362 g/mol. The molecule has 0 saturated carbocycles. The highest BCUT2D eigenvalue weighted by atomic mass is 19.2. The third-order valence-electron chi connectivity index (χ3n) is 4.26. The zero-order valence-corrected chi connectivity index (χ0v) is 14.5. The molecule has 138 valence electrons. The molecule has 1 aliphatic rings. The maximum atomic E-state index is 13.3. The number of carbonyl (C=O) groups excluding carboxylic acids is 1. The summed E-state index contributed by atoms with van der Waals surface area (Å²) in [6.07, 6.45) is 3.14. The number of rotatable bonds is 4. The van der Waals surface area contributed by atoms with Crippen molar-refractivity contribution in [3.8, 4) is 0 Å². The molecule has 0 unspecified atom stereocenters. The van der Waals surface area contributed by atoms with Gasteiger partial charge in [0.25, 0.3) is 5.56 Å². The van der Waals surface area contributed by atoms with Gasteiger partial charge in [-0.1, -0.05) is 0 Å². The van der Waals surface area contributed by atoms with E-state index in [4.69, 9.17) is 0 Å². The van der Waals surface area contributed by atoms with Crippen molar-refractivity contribution in [3.05, 3.63) is 51.9 Å². The number of amides is 1. The highest BCUT2D eigenvalue weighted by molar-refractivity contribution is 5.90. The molecule has 0 bridgehead atoms. The lowest BCUT2D eigenvalue weighted by atomic mass is 10.1. The second kappa shape index (κ2) is 7.63. The average Bonchev–Trinajstić information content (AvgIpc) is 2.61. The van der Waals surface area contributed by atoms with Crippen LogP contribution >= 0.6 is 0 Å². The number of halogens is 2. The average molecular weight is 362 g/mol. The smallest absolute Gasteiger partial charge is 0.255 e. The first-order valence-corrected chi connectivity index (χ1v) is 8.52. The number of carbonyl (C=O) groups is 1. The fourth-order valence-corrected chi connectivity index (χ4v) is 3.01. The number of nitrogens with one attached hydrogen (secondary N) is 1. The summed E-state index contributed by atoms with van der Waals surface area (Å²) in [5.41, 5.74) is 0.396. The topological polar surface area (TPSA) is 67.2 Å². The van der Waals surface area contributed by atoms with Gasteiger partial charge < -0.3 is 10.2 Å². The van der Waals surface area contributed by atoms with E-state index in [1.165, 1.54) is 16.7 Å². The highest BCUT2D eigenvalue weighted by Crippen LogP contribution is 2.17. The van der Waals surface area contributed by atoms with Crippen LogP contribution in [0.25, 0.3) is 0 Å². The highest BCUT2D eigenvalue weighted by Gasteiger charge is 2.19. The molecule has 1 aromatic heterocycles. The Kier molecular flexibility index (Phi) is 5.29. The van der Waals surface area contributed by atoms with Gasteiger partial charge in [-0.15, -0.1) is 0 Å². The molecule has 1 aromatic carbocycles. The first-order chi connectivity index (χ1) is 12.4. The number of benzene rings is 1. The molecule has 26 heavy (non-hydrogen) atoms. The van der Waals surface area contributed by atoms with Crippen molar-refractivity contribution in [2.75, 3.05) is 23.3 Å². The zero-order chi connectivity index (χ0) is 18.7. The van der Waals surface area contributed by atoms with Gasteiger partial charge in [0.2, 0.25) is 11.9 Å². The molecule has 8 heteroatoms. The summed E-state index contributed by atoms with van der Waals surface area (Å²) in [5.74, 6) is -2.09.